The van der Waals surface area contributed by atoms with Crippen LogP contribution in [0.4, 0.5) is 5.69 Å². The molecule has 0 saturated carbocycles. The van der Waals surface area contributed by atoms with Crippen molar-refractivity contribution >= 4 is 28.3 Å². The van der Waals surface area contributed by atoms with Crippen molar-refractivity contribution in [2.45, 2.75) is 20.4 Å². The first-order valence-electron chi connectivity index (χ1n) is 12.5. The van der Waals surface area contributed by atoms with Crippen LogP contribution in [0.5, 0.6) is 23.0 Å². The zero-order chi connectivity index (χ0) is 27.9. The molecule has 202 valence electrons. The highest BCUT2D eigenvalue weighted by Crippen LogP contribution is 2.26. The van der Waals surface area contributed by atoms with Crippen molar-refractivity contribution in [3.8, 4) is 23.0 Å². The maximum absolute atomic E-state index is 13.5. The van der Waals surface area contributed by atoms with Crippen molar-refractivity contribution in [1.82, 2.24) is 4.57 Å². The van der Waals surface area contributed by atoms with Gasteiger partial charge in [0.1, 0.15) is 29.5 Å². The van der Waals surface area contributed by atoms with Crippen molar-refractivity contribution in [3.63, 3.8) is 0 Å². The van der Waals surface area contributed by atoms with Gasteiger partial charge in [-0.2, -0.15) is 0 Å². The number of anilines is 1. The number of amides is 1. The van der Waals surface area contributed by atoms with Gasteiger partial charge in [0.05, 0.1) is 43.9 Å². The summed E-state index contributed by atoms with van der Waals surface area (Å²) in [5.74, 6) is 1.32. The van der Waals surface area contributed by atoms with E-state index in [1.165, 1.54) is 20.4 Å². The largest absolute Gasteiger partial charge is 0.497 e. The Morgan fingerprint density at radius 3 is 2.03 bits per heavy atom. The molecule has 0 aliphatic carbocycles. The summed E-state index contributed by atoms with van der Waals surface area (Å²) in [6, 6.07) is 16.6. The van der Waals surface area contributed by atoms with E-state index in [4.69, 9.17) is 18.9 Å². The number of hydrogen-bond acceptors (Lipinski definition) is 7. The van der Waals surface area contributed by atoms with E-state index in [0.717, 1.165) is 0 Å². The number of ether oxygens (including phenoxy) is 4. The van der Waals surface area contributed by atoms with E-state index in [1.807, 2.05) is 13.8 Å². The van der Waals surface area contributed by atoms with E-state index in [2.05, 4.69) is 5.32 Å². The molecule has 0 aliphatic rings. The molecule has 9 nitrogen and oxygen atoms in total. The number of carbonyl (C=O) groups is 2. The minimum Gasteiger partial charge on any atom is -0.497 e. The highest BCUT2D eigenvalue weighted by molar-refractivity contribution is 6.10. The molecule has 4 rings (SSSR count). The molecule has 9 heteroatoms. The van der Waals surface area contributed by atoms with Gasteiger partial charge in [-0.3, -0.25) is 14.4 Å². The predicted molar refractivity (Wildman–Crippen MR) is 149 cm³/mol. The molecule has 39 heavy (non-hydrogen) atoms. The smallest absolute Gasteiger partial charge is 0.244 e. The molecule has 0 unspecified atom stereocenters. The van der Waals surface area contributed by atoms with Crippen molar-refractivity contribution in [2.24, 2.45) is 0 Å². The van der Waals surface area contributed by atoms with Gasteiger partial charge >= 0.3 is 0 Å². The fourth-order valence-corrected chi connectivity index (χ4v) is 4.19. The van der Waals surface area contributed by atoms with Gasteiger partial charge in [-0.15, -0.1) is 0 Å². The molecule has 0 spiro atoms. The van der Waals surface area contributed by atoms with E-state index in [9.17, 15) is 14.4 Å². The molecule has 0 bridgehead atoms. The van der Waals surface area contributed by atoms with E-state index >= 15 is 0 Å². The number of methoxy groups -OCH3 is 2. The van der Waals surface area contributed by atoms with Gasteiger partial charge < -0.3 is 28.8 Å². The highest BCUT2D eigenvalue weighted by Gasteiger charge is 2.19. The molecule has 1 amide bonds. The summed E-state index contributed by atoms with van der Waals surface area (Å²) in [5.41, 5.74) is 0.794. The molecule has 0 fully saturated rings. The van der Waals surface area contributed by atoms with Crippen LogP contribution in [0.25, 0.3) is 10.9 Å². The molecule has 4 aromatic rings. The molecule has 0 aliphatic heterocycles. The number of aromatic nitrogens is 1. The number of hydrogen-bond donors (Lipinski definition) is 1. The van der Waals surface area contributed by atoms with Gasteiger partial charge in [0.25, 0.3) is 0 Å². The lowest BCUT2D eigenvalue weighted by Gasteiger charge is -2.15. The first-order valence-corrected chi connectivity index (χ1v) is 12.5. The van der Waals surface area contributed by atoms with E-state index in [0.29, 0.717) is 53.0 Å². The Kier molecular flexibility index (Phi) is 8.50. The van der Waals surface area contributed by atoms with Crippen LogP contribution in [0.15, 0.2) is 71.7 Å². The third-order valence-electron chi connectivity index (χ3n) is 5.98. The Morgan fingerprint density at radius 1 is 0.795 bits per heavy atom. The Hall–Kier alpha value is -4.79. The SMILES string of the molecule is CCOc1ccc(C(=O)c2cn(CC(=O)Nc3cc(OC)cc(OC)c3)c3ccc(OCC)cc3c2=O)cc1. The average Bonchev–Trinajstić information content (AvgIpc) is 2.94. The second-order valence-electron chi connectivity index (χ2n) is 8.55. The summed E-state index contributed by atoms with van der Waals surface area (Å²) in [6.45, 7) is 4.46. The topological polar surface area (TPSA) is 105 Å². The molecule has 1 heterocycles. The summed E-state index contributed by atoms with van der Waals surface area (Å²) in [4.78, 5) is 40.1. The molecule has 0 atom stereocenters. The minimum atomic E-state index is -0.460. The highest BCUT2D eigenvalue weighted by atomic mass is 16.5. The summed E-state index contributed by atoms with van der Waals surface area (Å²) in [5, 5.41) is 3.10. The van der Waals surface area contributed by atoms with Gasteiger partial charge in [-0.1, -0.05) is 0 Å². The molecular weight excluding hydrogens is 500 g/mol. The van der Waals surface area contributed by atoms with Crippen LogP contribution in [0.1, 0.15) is 29.8 Å². The van der Waals surface area contributed by atoms with Crippen LogP contribution in [0, 0.1) is 0 Å². The fraction of sp³-hybridized carbons (Fsp3) is 0.233. The van der Waals surface area contributed by atoms with E-state index in [1.54, 1.807) is 65.2 Å². The second kappa shape index (κ2) is 12.2. The molecule has 1 aromatic heterocycles. The first-order chi connectivity index (χ1) is 18.9. The van der Waals surface area contributed by atoms with Crippen LogP contribution < -0.4 is 29.7 Å². The predicted octanol–water partition coefficient (Wildman–Crippen LogP) is 4.69. The number of nitrogens with zero attached hydrogens (tertiary/aromatic N) is 1. The van der Waals surface area contributed by atoms with Gasteiger partial charge in [0, 0.05) is 35.6 Å². The fourth-order valence-electron chi connectivity index (χ4n) is 4.19. The monoisotopic (exact) mass is 530 g/mol. The Bertz CT molecular complexity index is 1540. The zero-order valence-electron chi connectivity index (χ0n) is 22.3. The van der Waals surface area contributed by atoms with Gasteiger partial charge in [0.2, 0.25) is 11.3 Å². The maximum atomic E-state index is 13.5. The van der Waals surface area contributed by atoms with Gasteiger partial charge in [0.15, 0.2) is 5.78 Å². The van der Waals surface area contributed by atoms with Crippen LogP contribution in [-0.4, -0.2) is 43.7 Å². The molecule has 0 saturated heterocycles. The molecular formula is C30H30N2O7. The third kappa shape index (κ3) is 6.20. The Morgan fingerprint density at radius 2 is 1.41 bits per heavy atom. The van der Waals surface area contributed by atoms with E-state index in [-0.39, 0.29) is 23.4 Å². The Balaban J connectivity index is 1.74. The second-order valence-corrected chi connectivity index (χ2v) is 8.55. The summed E-state index contributed by atoms with van der Waals surface area (Å²) in [7, 11) is 3.04. The van der Waals surface area contributed by atoms with Crippen molar-refractivity contribution in [1.29, 1.82) is 0 Å². The Labute approximate surface area is 225 Å². The summed E-state index contributed by atoms with van der Waals surface area (Å²) in [6.07, 6.45) is 1.43. The minimum absolute atomic E-state index is 0.0591. The number of fused-ring (bicyclic) bond motifs is 1. The lowest BCUT2D eigenvalue weighted by atomic mass is 10.0. The van der Waals surface area contributed by atoms with Gasteiger partial charge in [-0.05, 0) is 56.3 Å². The molecule has 0 radical (unpaired) electrons. The number of benzene rings is 3. The first kappa shape index (κ1) is 27.3. The maximum Gasteiger partial charge on any atom is 0.244 e. The lowest BCUT2D eigenvalue weighted by molar-refractivity contribution is -0.116. The lowest BCUT2D eigenvalue weighted by Crippen LogP contribution is -2.24. The number of ketones is 1. The number of nitrogens with one attached hydrogen (secondary N) is 1. The quantitative estimate of drug-likeness (QED) is 0.281. The standard InChI is InChI=1S/C30H30N2O7/c1-5-38-21-9-7-19(8-10-21)29(34)26-17-32(27-12-11-22(39-6-2)16-25(27)30(26)35)18-28(33)31-20-13-23(36-3)15-24(14-20)37-4/h7-17H,5-6,18H2,1-4H3,(H,31,33). The summed E-state index contributed by atoms with van der Waals surface area (Å²) >= 11 is 0. The van der Waals surface area contributed by atoms with Crippen molar-refractivity contribution < 1.29 is 28.5 Å². The van der Waals surface area contributed by atoms with Crippen molar-refractivity contribution in [2.75, 3.05) is 32.8 Å². The number of carbonyl (C=O) groups excluding carboxylic acids is 2. The van der Waals surface area contributed by atoms with Crippen LogP contribution in [0.3, 0.4) is 0 Å². The normalized spacial score (nSPS) is 10.7. The van der Waals surface area contributed by atoms with Crippen LogP contribution >= 0.6 is 0 Å². The average molecular weight is 531 g/mol. The van der Waals surface area contributed by atoms with Crippen molar-refractivity contribution in [3.05, 3.63) is 88.2 Å². The number of pyridine rings is 1. The third-order valence-corrected chi connectivity index (χ3v) is 5.98. The van der Waals surface area contributed by atoms with Gasteiger partial charge in [-0.25, -0.2) is 0 Å². The zero-order valence-corrected chi connectivity index (χ0v) is 22.3. The van der Waals surface area contributed by atoms with Crippen LogP contribution in [0.2, 0.25) is 0 Å². The van der Waals surface area contributed by atoms with Crippen LogP contribution in [-0.2, 0) is 11.3 Å². The molecule has 3 aromatic carbocycles. The number of rotatable bonds is 11. The van der Waals surface area contributed by atoms with E-state index < -0.39 is 11.2 Å². The molecule has 1 N–H and O–H groups in total. The summed E-state index contributed by atoms with van der Waals surface area (Å²) < 4.78 is 23.2.